The van der Waals surface area contributed by atoms with E-state index in [9.17, 15) is 9.59 Å². The smallest absolute Gasteiger partial charge is 0.410 e. The molecule has 5 heteroatoms. The maximum absolute atomic E-state index is 12.0. The zero-order valence-corrected chi connectivity index (χ0v) is 11.4. The molecular formula is C13H16ClNO3. The summed E-state index contributed by atoms with van der Waals surface area (Å²) in [5.74, 6) is -0.0870. The molecule has 1 aromatic rings. The number of Topliss-reactive ketones (excluding diaryl/α,β-unsaturated/α-hetero) is 1. The molecule has 0 unspecified atom stereocenters. The third kappa shape index (κ3) is 3.01. The Morgan fingerprint density at radius 3 is 2.50 bits per heavy atom. The Morgan fingerprint density at radius 1 is 1.39 bits per heavy atom. The van der Waals surface area contributed by atoms with E-state index in [2.05, 4.69) is 4.74 Å². The van der Waals surface area contributed by atoms with Crippen molar-refractivity contribution in [2.24, 2.45) is 0 Å². The number of ketones is 1. The number of carbonyl (C=O) groups excluding carboxylic acids is 2. The van der Waals surface area contributed by atoms with Crippen molar-refractivity contribution < 1.29 is 14.3 Å². The SMILES string of the molecule is CCC(=O)[C@@H](c1ccccc1Cl)N(C)C(=O)OC. The molecule has 0 spiro atoms. The number of hydrogen-bond acceptors (Lipinski definition) is 3. The minimum absolute atomic E-state index is 0.0870. The molecule has 0 radical (unpaired) electrons. The molecule has 0 saturated heterocycles. The predicted molar refractivity (Wildman–Crippen MR) is 69.7 cm³/mol. The summed E-state index contributed by atoms with van der Waals surface area (Å²) in [5, 5.41) is 0.458. The van der Waals surface area contributed by atoms with Crippen LogP contribution < -0.4 is 0 Å². The maximum Gasteiger partial charge on any atom is 0.410 e. The summed E-state index contributed by atoms with van der Waals surface area (Å²) in [6.45, 7) is 1.75. The van der Waals surface area contributed by atoms with Gasteiger partial charge in [-0.15, -0.1) is 0 Å². The fourth-order valence-corrected chi connectivity index (χ4v) is 1.98. The van der Waals surface area contributed by atoms with Crippen LogP contribution in [0.2, 0.25) is 5.02 Å². The van der Waals surface area contributed by atoms with Gasteiger partial charge in [-0.3, -0.25) is 9.69 Å². The lowest BCUT2D eigenvalue weighted by molar-refractivity contribution is -0.123. The summed E-state index contributed by atoms with van der Waals surface area (Å²) in [7, 11) is 2.80. The van der Waals surface area contributed by atoms with E-state index in [1.54, 1.807) is 31.2 Å². The van der Waals surface area contributed by atoms with Crippen LogP contribution in [0.3, 0.4) is 0 Å². The minimum atomic E-state index is -0.712. The highest BCUT2D eigenvalue weighted by atomic mass is 35.5. The Kier molecular flexibility index (Phi) is 5.16. The molecule has 0 aliphatic heterocycles. The zero-order valence-electron chi connectivity index (χ0n) is 10.6. The third-order valence-electron chi connectivity index (χ3n) is 2.70. The van der Waals surface area contributed by atoms with Crippen molar-refractivity contribution in [3.05, 3.63) is 34.9 Å². The molecule has 0 N–H and O–H groups in total. The number of carbonyl (C=O) groups is 2. The molecule has 0 aromatic heterocycles. The monoisotopic (exact) mass is 269 g/mol. The highest BCUT2D eigenvalue weighted by Gasteiger charge is 2.29. The first-order valence-electron chi connectivity index (χ1n) is 5.60. The van der Waals surface area contributed by atoms with Crippen LogP contribution in [-0.2, 0) is 9.53 Å². The van der Waals surface area contributed by atoms with Gasteiger partial charge in [-0.2, -0.15) is 0 Å². The minimum Gasteiger partial charge on any atom is -0.453 e. The van der Waals surface area contributed by atoms with E-state index in [1.807, 2.05) is 0 Å². The van der Waals surface area contributed by atoms with E-state index >= 15 is 0 Å². The molecule has 4 nitrogen and oxygen atoms in total. The molecule has 0 saturated carbocycles. The first kappa shape index (κ1) is 14.5. The summed E-state index contributed by atoms with van der Waals surface area (Å²) >= 11 is 6.08. The second-order valence-electron chi connectivity index (χ2n) is 3.82. The zero-order chi connectivity index (χ0) is 13.7. The van der Waals surface area contributed by atoms with Crippen molar-refractivity contribution in [3.8, 4) is 0 Å². The van der Waals surface area contributed by atoms with Gasteiger partial charge in [-0.25, -0.2) is 4.79 Å². The van der Waals surface area contributed by atoms with Gasteiger partial charge in [-0.1, -0.05) is 36.7 Å². The van der Waals surface area contributed by atoms with Crippen LogP contribution in [-0.4, -0.2) is 30.9 Å². The summed E-state index contributed by atoms with van der Waals surface area (Å²) in [6.07, 6.45) is -0.251. The van der Waals surface area contributed by atoms with E-state index in [0.717, 1.165) is 0 Å². The number of benzene rings is 1. The Hall–Kier alpha value is -1.55. The molecular weight excluding hydrogens is 254 g/mol. The van der Waals surface area contributed by atoms with E-state index in [-0.39, 0.29) is 5.78 Å². The Balaban J connectivity index is 3.18. The van der Waals surface area contributed by atoms with Gasteiger partial charge in [-0.05, 0) is 6.07 Å². The lowest BCUT2D eigenvalue weighted by atomic mass is 10.00. The van der Waals surface area contributed by atoms with E-state index in [1.165, 1.54) is 19.1 Å². The molecule has 0 heterocycles. The largest absolute Gasteiger partial charge is 0.453 e. The molecule has 1 amide bonds. The molecule has 0 aliphatic rings. The Labute approximate surface area is 111 Å². The Morgan fingerprint density at radius 2 is 2.00 bits per heavy atom. The number of rotatable bonds is 4. The molecule has 0 bridgehead atoms. The van der Waals surface area contributed by atoms with Crippen molar-refractivity contribution in [3.63, 3.8) is 0 Å². The molecule has 98 valence electrons. The fourth-order valence-electron chi connectivity index (χ4n) is 1.74. The number of likely N-dealkylation sites (N-methyl/N-ethyl adjacent to an activating group) is 1. The van der Waals surface area contributed by atoms with Crippen LogP contribution in [0.4, 0.5) is 4.79 Å². The number of ether oxygens (including phenoxy) is 1. The summed E-state index contributed by atoms with van der Waals surface area (Å²) < 4.78 is 4.64. The lowest BCUT2D eigenvalue weighted by Crippen LogP contribution is -2.35. The van der Waals surface area contributed by atoms with Crippen LogP contribution in [0, 0.1) is 0 Å². The molecule has 1 rings (SSSR count). The van der Waals surface area contributed by atoms with E-state index < -0.39 is 12.1 Å². The summed E-state index contributed by atoms with van der Waals surface area (Å²) in [4.78, 5) is 24.8. The van der Waals surface area contributed by atoms with Crippen molar-refractivity contribution >= 4 is 23.5 Å². The van der Waals surface area contributed by atoms with Gasteiger partial charge in [0.05, 0.1) is 7.11 Å². The number of hydrogen-bond donors (Lipinski definition) is 0. The van der Waals surface area contributed by atoms with Gasteiger partial charge in [0.1, 0.15) is 6.04 Å². The maximum atomic E-state index is 12.0. The average Bonchev–Trinajstić information content (AvgIpc) is 2.39. The third-order valence-corrected chi connectivity index (χ3v) is 3.05. The summed E-state index contributed by atoms with van der Waals surface area (Å²) in [6, 6.07) is 6.27. The molecule has 1 aromatic carbocycles. The van der Waals surface area contributed by atoms with Crippen LogP contribution in [0.15, 0.2) is 24.3 Å². The van der Waals surface area contributed by atoms with Gasteiger partial charge >= 0.3 is 6.09 Å². The Bertz CT molecular complexity index is 448. The van der Waals surface area contributed by atoms with Crippen molar-refractivity contribution in [1.82, 2.24) is 4.90 Å². The van der Waals surface area contributed by atoms with Crippen molar-refractivity contribution in [1.29, 1.82) is 0 Å². The first-order valence-corrected chi connectivity index (χ1v) is 5.98. The number of methoxy groups -OCH3 is 1. The van der Waals surface area contributed by atoms with Crippen LogP contribution in [0.1, 0.15) is 24.9 Å². The topological polar surface area (TPSA) is 46.6 Å². The van der Waals surface area contributed by atoms with Crippen LogP contribution in [0.5, 0.6) is 0 Å². The van der Waals surface area contributed by atoms with Crippen molar-refractivity contribution in [2.45, 2.75) is 19.4 Å². The van der Waals surface area contributed by atoms with Gasteiger partial charge < -0.3 is 4.74 Å². The average molecular weight is 270 g/mol. The lowest BCUT2D eigenvalue weighted by Gasteiger charge is -2.26. The fraction of sp³-hybridized carbons (Fsp3) is 0.385. The highest BCUT2D eigenvalue weighted by molar-refractivity contribution is 6.31. The predicted octanol–water partition coefficient (Wildman–Crippen LogP) is 3.06. The van der Waals surface area contributed by atoms with Crippen LogP contribution in [0.25, 0.3) is 0 Å². The molecule has 0 fully saturated rings. The molecule has 18 heavy (non-hydrogen) atoms. The number of halogens is 1. The van der Waals surface area contributed by atoms with Crippen molar-refractivity contribution in [2.75, 3.05) is 14.2 Å². The van der Waals surface area contributed by atoms with Gasteiger partial charge in [0.2, 0.25) is 0 Å². The number of nitrogens with zero attached hydrogens (tertiary/aromatic N) is 1. The van der Waals surface area contributed by atoms with Gasteiger partial charge in [0.25, 0.3) is 0 Å². The molecule has 1 atom stereocenters. The second kappa shape index (κ2) is 6.40. The quantitative estimate of drug-likeness (QED) is 0.844. The first-order chi connectivity index (χ1) is 8.52. The van der Waals surface area contributed by atoms with E-state index in [0.29, 0.717) is 17.0 Å². The van der Waals surface area contributed by atoms with Gasteiger partial charge in [0, 0.05) is 24.1 Å². The highest BCUT2D eigenvalue weighted by Crippen LogP contribution is 2.28. The normalized spacial score (nSPS) is 11.8. The molecule has 0 aliphatic carbocycles. The van der Waals surface area contributed by atoms with Gasteiger partial charge in [0.15, 0.2) is 5.78 Å². The number of amides is 1. The standard InChI is InChI=1S/C13H16ClNO3/c1-4-11(16)12(15(2)13(17)18-3)9-7-5-6-8-10(9)14/h5-8,12H,4H2,1-3H3/t12-/m1/s1. The second-order valence-corrected chi connectivity index (χ2v) is 4.23. The van der Waals surface area contributed by atoms with Crippen LogP contribution >= 0.6 is 11.6 Å². The summed E-state index contributed by atoms with van der Waals surface area (Å²) in [5.41, 5.74) is 0.610. The van der Waals surface area contributed by atoms with E-state index in [4.69, 9.17) is 11.6 Å².